The lowest BCUT2D eigenvalue weighted by Crippen LogP contribution is -2.40. The molecule has 0 spiro atoms. The van der Waals surface area contributed by atoms with Crippen molar-refractivity contribution >= 4 is 28.8 Å². The van der Waals surface area contributed by atoms with Crippen molar-refractivity contribution in [3.63, 3.8) is 0 Å². The minimum atomic E-state index is -0.279. The molecule has 8 heteroatoms. The van der Waals surface area contributed by atoms with Crippen LogP contribution in [-0.4, -0.2) is 62.4 Å². The van der Waals surface area contributed by atoms with Gasteiger partial charge in [-0.1, -0.05) is 18.3 Å². The van der Waals surface area contributed by atoms with Gasteiger partial charge in [-0.25, -0.2) is 0 Å². The molecule has 1 N–H and O–H groups in total. The molecule has 160 valence electrons. The molecule has 2 aromatic carbocycles. The molecule has 0 saturated carbocycles. The van der Waals surface area contributed by atoms with Crippen LogP contribution in [0.15, 0.2) is 42.5 Å². The molecule has 3 rings (SSSR count). The number of thiocarbonyl (C=S) groups is 1. The summed E-state index contributed by atoms with van der Waals surface area (Å²) >= 11 is 5.63. The Balaban J connectivity index is 1.64. The van der Waals surface area contributed by atoms with E-state index in [0.29, 0.717) is 42.8 Å². The van der Waals surface area contributed by atoms with Gasteiger partial charge in [-0.3, -0.25) is 4.79 Å². The summed E-state index contributed by atoms with van der Waals surface area (Å²) in [5.74, 6) is 1.43. The van der Waals surface area contributed by atoms with E-state index >= 15 is 0 Å². The summed E-state index contributed by atoms with van der Waals surface area (Å²) in [4.78, 5) is 15.1. The van der Waals surface area contributed by atoms with Gasteiger partial charge in [0.25, 0.3) is 5.91 Å². The van der Waals surface area contributed by atoms with Crippen molar-refractivity contribution in [3.8, 4) is 17.2 Å². The number of ether oxygens (including phenoxy) is 4. The van der Waals surface area contributed by atoms with Gasteiger partial charge in [0.2, 0.25) is 0 Å². The van der Waals surface area contributed by atoms with Crippen molar-refractivity contribution in [1.29, 1.82) is 0 Å². The van der Waals surface area contributed by atoms with E-state index in [0.717, 1.165) is 23.6 Å². The van der Waals surface area contributed by atoms with Crippen LogP contribution < -0.4 is 19.5 Å². The lowest BCUT2D eigenvalue weighted by Gasteiger charge is -2.29. The summed E-state index contributed by atoms with van der Waals surface area (Å²) in [6.07, 6.45) is 0. The molecule has 0 atom stereocenters. The first-order valence-corrected chi connectivity index (χ1v) is 10.2. The van der Waals surface area contributed by atoms with E-state index in [9.17, 15) is 4.79 Å². The largest absolute Gasteiger partial charge is 0.497 e. The van der Waals surface area contributed by atoms with Gasteiger partial charge < -0.3 is 29.2 Å². The Bertz CT molecular complexity index is 884. The van der Waals surface area contributed by atoms with Crippen LogP contribution in [-0.2, 0) is 9.53 Å². The van der Waals surface area contributed by atoms with E-state index in [-0.39, 0.29) is 12.5 Å². The second-order valence-corrected chi connectivity index (χ2v) is 6.95. The van der Waals surface area contributed by atoms with Gasteiger partial charge in [-0.05, 0) is 37.3 Å². The molecule has 0 aliphatic carbocycles. The Hall–Kier alpha value is -2.84. The van der Waals surface area contributed by atoms with Crippen molar-refractivity contribution in [2.45, 2.75) is 6.92 Å². The first-order valence-electron chi connectivity index (χ1n) is 9.81. The maximum atomic E-state index is 12.3. The van der Waals surface area contributed by atoms with Crippen LogP contribution in [0.5, 0.6) is 17.2 Å². The van der Waals surface area contributed by atoms with E-state index in [1.807, 2.05) is 25.1 Å². The lowest BCUT2D eigenvalue weighted by molar-refractivity contribution is -0.118. The van der Waals surface area contributed by atoms with Crippen LogP contribution in [0.25, 0.3) is 0 Å². The first kappa shape index (κ1) is 21.9. The Morgan fingerprint density at radius 1 is 1.13 bits per heavy atom. The lowest BCUT2D eigenvalue weighted by atomic mass is 10.1. The monoisotopic (exact) mass is 430 g/mol. The van der Waals surface area contributed by atoms with Crippen LogP contribution >= 0.6 is 12.2 Å². The van der Waals surface area contributed by atoms with Crippen LogP contribution in [0.1, 0.15) is 12.5 Å². The normalized spacial score (nSPS) is 13.5. The highest BCUT2D eigenvalue weighted by Gasteiger charge is 2.17. The molecule has 30 heavy (non-hydrogen) atoms. The van der Waals surface area contributed by atoms with Gasteiger partial charge in [0, 0.05) is 30.4 Å². The summed E-state index contributed by atoms with van der Waals surface area (Å²) in [5, 5.41) is 2.79. The third kappa shape index (κ3) is 5.84. The molecule has 0 radical (unpaired) electrons. The highest BCUT2D eigenvalue weighted by Crippen LogP contribution is 2.29. The van der Waals surface area contributed by atoms with Crippen molar-refractivity contribution < 1.29 is 23.7 Å². The third-order valence-corrected chi connectivity index (χ3v) is 4.99. The number of methoxy groups -OCH3 is 1. The maximum Gasteiger partial charge on any atom is 0.262 e. The molecule has 1 fully saturated rings. The summed E-state index contributed by atoms with van der Waals surface area (Å²) in [6, 6.07) is 12.7. The van der Waals surface area contributed by atoms with Gasteiger partial charge in [-0.2, -0.15) is 0 Å². The zero-order chi connectivity index (χ0) is 21.3. The maximum absolute atomic E-state index is 12.3. The number of anilines is 1. The number of morpholine rings is 1. The number of rotatable bonds is 8. The van der Waals surface area contributed by atoms with E-state index in [4.69, 9.17) is 31.2 Å². The first-order chi connectivity index (χ1) is 14.6. The van der Waals surface area contributed by atoms with Crippen LogP contribution in [0.2, 0.25) is 0 Å². The Kier molecular flexibility index (Phi) is 7.87. The van der Waals surface area contributed by atoms with Gasteiger partial charge in [0.1, 0.15) is 10.7 Å². The number of carbonyl (C=O) groups is 1. The minimum absolute atomic E-state index is 0.148. The number of nitrogens with zero attached hydrogens (tertiary/aromatic N) is 1. The average molecular weight is 431 g/mol. The van der Waals surface area contributed by atoms with Crippen LogP contribution in [0.3, 0.4) is 0 Å². The molecule has 1 aliphatic rings. The summed E-state index contributed by atoms with van der Waals surface area (Å²) < 4.78 is 22.0. The van der Waals surface area contributed by atoms with Gasteiger partial charge in [0.05, 0.1) is 26.9 Å². The zero-order valence-corrected chi connectivity index (χ0v) is 18.0. The second-order valence-electron chi connectivity index (χ2n) is 6.57. The molecule has 2 aromatic rings. The fraction of sp³-hybridized carbons (Fsp3) is 0.364. The number of benzene rings is 2. The van der Waals surface area contributed by atoms with E-state index < -0.39 is 0 Å². The number of amides is 1. The Morgan fingerprint density at radius 3 is 2.67 bits per heavy atom. The average Bonchev–Trinajstić information content (AvgIpc) is 2.78. The molecular formula is C22H26N2O5S. The topological polar surface area (TPSA) is 69.3 Å². The fourth-order valence-corrected chi connectivity index (χ4v) is 3.33. The van der Waals surface area contributed by atoms with Gasteiger partial charge in [0.15, 0.2) is 18.1 Å². The van der Waals surface area contributed by atoms with E-state index in [1.54, 1.807) is 31.4 Å². The molecule has 1 heterocycles. The number of carbonyl (C=O) groups excluding carboxylic acids is 1. The van der Waals surface area contributed by atoms with E-state index in [2.05, 4.69) is 10.2 Å². The van der Waals surface area contributed by atoms with Crippen molar-refractivity contribution in [1.82, 2.24) is 4.90 Å². The molecule has 1 aliphatic heterocycles. The van der Waals surface area contributed by atoms with Crippen LogP contribution in [0, 0.1) is 0 Å². The number of hydrogen-bond acceptors (Lipinski definition) is 6. The smallest absolute Gasteiger partial charge is 0.262 e. The summed E-state index contributed by atoms with van der Waals surface area (Å²) in [6.45, 7) is 5.10. The molecule has 1 amide bonds. The second kappa shape index (κ2) is 10.8. The molecule has 0 aromatic heterocycles. The van der Waals surface area contributed by atoms with Gasteiger partial charge in [-0.15, -0.1) is 0 Å². The van der Waals surface area contributed by atoms with Crippen molar-refractivity contribution in [2.24, 2.45) is 0 Å². The van der Waals surface area contributed by atoms with Crippen molar-refractivity contribution in [2.75, 3.05) is 51.9 Å². The highest BCUT2D eigenvalue weighted by atomic mass is 32.1. The molecule has 7 nitrogen and oxygen atoms in total. The Morgan fingerprint density at radius 2 is 1.93 bits per heavy atom. The standard InChI is InChI=1S/C22H26N2O5S/c1-3-28-20-13-16(22(30)24-9-11-27-12-10-24)7-8-19(20)29-15-21(25)23-17-5-4-6-18(14-17)26-2/h4-8,13-14H,3,9-12,15H2,1-2H3,(H,23,25). The highest BCUT2D eigenvalue weighted by molar-refractivity contribution is 7.80. The number of hydrogen-bond donors (Lipinski definition) is 1. The minimum Gasteiger partial charge on any atom is -0.497 e. The quantitative estimate of drug-likeness (QED) is 0.646. The van der Waals surface area contributed by atoms with Crippen LogP contribution in [0.4, 0.5) is 5.69 Å². The predicted molar refractivity (Wildman–Crippen MR) is 119 cm³/mol. The Labute approximate surface area is 181 Å². The molecule has 0 bridgehead atoms. The number of nitrogens with one attached hydrogen (secondary N) is 1. The molecular weight excluding hydrogens is 404 g/mol. The zero-order valence-electron chi connectivity index (χ0n) is 17.2. The predicted octanol–water partition coefficient (Wildman–Crippen LogP) is 3.12. The summed E-state index contributed by atoms with van der Waals surface area (Å²) in [5.41, 5.74) is 1.52. The van der Waals surface area contributed by atoms with Crippen molar-refractivity contribution in [3.05, 3.63) is 48.0 Å². The van der Waals surface area contributed by atoms with Gasteiger partial charge >= 0.3 is 0 Å². The summed E-state index contributed by atoms with van der Waals surface area (Å²) in [7, 11) is 1.58. The third-order valence-electron chi connectivity index (χ3n) is 4.50. The SMILES string of the molecule is CCOc1cc(C(=S)N2CCOCC2)ccc1OCC(=O)Nc1cccc(OC)c1. The fourth-order valence-electron chi connectivity index (χ4n) is 3.02. The van der Waals surface area contributed by atoms with E-state index in [1.165, 1.54) is 0 Å². The molecule has 1 saturated heterocycles. The molecule has 0 unspecified atom stereocenters.